The summed E-state index contributed by atoms with van der Waals surface area (Å²) in [6.07, 6.45) is 1.25. The first-order valence-corrected chi connectivity index (χ1v) is 7.19. The first-order chi connectivity index (χ1) is 9.67. The highest BCUT2D eigenvalue weighted by molar-refractivity contribution is 5.74. The van der Waals surface area contributed by atoms with E-state index in [1.807, 2.05) is 7.05 Å². The van der Waals surface area contributed by atoms with Crippen molar-refractivity contribution in [2.24, 2.45) is 0 Å². The van der Waals surface area contributed by atoms with E-state index in [0.717, 1.165) is 18.7 Å². The Kier molecular flexibility index (Phi) is 3.49. The Bertz CT molecular complexity index is 633. The SMILES string of the molecule is CNCC1Cc2cc(C)cc(-c3cccc(C)c3)c2O1. The minimum atomic E-state index is 0.250. The lowest BCUT2D eigenvalue weighted by molar-refractivity contribution is 0.232. The summed E-state index contributed by atoms with van der Waals surface area (Å²) >= 11 is 0. The highest BCUT2D eigenvalue weighted by Gasteiger charge is 2.25. The summed E-state index contributed by atoms with van der Waals surface area (Å²) in [5.74, 6) is 1.07. The number of fused-ring (bicyclic) bond motifs is 1. The van der Waals surface area contributed by atoms with E-state index < -0.39 is 0 Å². The van der Waals surface area contributed by atoms with Crippen LogP contribution < -0.4 is 10.1 Å². The molecule has 2 nitrogen and oxygen atoms in total. The molecule has 1 heterocycles. The monoisotopic (exact) mass is 267 g/mol. The molecule has 1 N–H and O–H groups in total. The topological polar surface area (TPSA) is 21.3 Å². The predicted molar refractivity (Wildman–Crippen MR) is 83.4 cm³/mol. The Morgan fingerprint density at radius 3 is 2.75 bits per heavy atom. The van der Waals surface area contributed by atoms with Crippen LogP contribution in [0.1, 0.15) is 16.7 Å². The van der Waals surface area contributed by atoms with E-state index in [0.29, 0.717) is 0 Å². The molecule has 0 saturated carbocycles. The summed E-state index contributed by atoms with van der Waals surface area (Å²) in [5.41, 5.74) is 6.38. The van der Waals surface area contributed by atoms with Crippen LogP contribution in [0.4, 0.5) is 0 Å². The zero-order chi connectivity index (χ0) is 14.1. The van der Waals surface area contributed by atoms with Gasteiger partial charge in [0.15, 0.2) is 0 Å². The molecule has 0 spiro atoms. The third kappa shape index (κ3) is 2.44. The molecule has 1 atom stereocenters. The highest BCUT2D eigenvalue weighted by Crippen LogP contribution is 2.39. The zero-order valence-electron chi connectivity index (χ0n) is 12.4. The van der Waals surface area contributed by atoms with Crippen molar-refractivity contribution in [3.05, 3.63) is 53.1 Å². The van der Waals surface area contributed by atoms with Crippen LogP contribution in [0.15, 0.2) is 36.4 Å². The Labute approximate surface area is 120 Å². The molecular weight excluding hydrogens is 246 g/mol. The van der Waals surface area contributed by atoms with Gasteiger partial charge in [0.1, 0.15) is 11.9 Å². The van der Waals surface area contributed by atoms with Gasteiger partial charge >= 0.3 is 0 Å². The molecule has 0 bridgehead atoms. The van der Waals surface area contributed by atoms with E-state index in [2.05, 4.69) is 55.6 Å². The molecule has 0 aliphatic carbocycles. The summed E-state index contributed by atoms with van der Waals surface area (Å²) in [4.78, 5) is 0. The average Bonchev–Trinajstić information content (AvgIpc) is 2.80. The van der Waals surface area contributed by atoms with Crippen molar-refractivity contribution >= 4 is 0 Å². The van der Waals surface area contributed by atoms with Crippen LogP contribution >= 0.6 is 0 Å². The fourth-order valence-electron chi connectivity index (χ4n) is 2.96. The van der Waals surface area contributed by atoms with Gasteiger partial charge in [0.2, 0.25) is 0 Å². The van der Waals surface area contributed by atoms with Crippen molar-refractivity contribution in [3.63, 3.8) is 0 Å². The van der Waals surface area contributed by atoms with Gasteiger partial charge in [-0.05, 0) is 43.7 Å². The maximum absolute atomic E-state index is 6.17. The minimum Gasteiger partial charge on any atom is -0.488 e. The van der Waals surface area contributed by atoms with Gasteiger partial charge in [0.25, 0.3) is 0 Å². The van der Waals surface area contributed by atoms with E-state index in [-0.39, 0.29) is 6.10 Å². The molecule has 0 fully saturated rings. The molecule has 0 aromatic heterocycles. The fourth-order valence-corrected chi connectivity index (χ4v) is 2.96. The summed E-state index contributed by atoms with van der Waals surface area (Å²) in [6.45, 7) is 5.18. The van der Waals surface area contributed by atoms with Gasteiger partial charge in [-0.25, -0.2) is 0 Å². The number of benzene rings is 2. The Morgan fingerprint density at radius 1 is 1.15 bits per heavy atom. The Morgan fingerprint density at radius 2 is 2.00 bits per heavy atom. The van der Waals surface area contributed by atoms with Crippen molar-refractivity contribution in [1.82, 2.24) is 5.32 Å². The number of ether oxygens (including phenoxy) is 1. The van der Waals surface area contributed by atoms with Crippen LogP contribution in [0.3, 0.4) is 0 Å². The first-order valence-electron chi connectivity index (χ1n) is 7.19. The molecular formula is C18H21NO. The van der Waals surface area contributed by atoms with Gasteiger partial charge in [0, 0.05) is 18.5 Å². The van der Waals surface area contributed by atoms with Crippen LogP contribution in [0.2, 0.25) is 0 Å². The standard InChI is InChI=1S/C18H21NO/c1-12-5-4-6-14(7-12)17-9-13(2)8-15-10-16(11-19-3)20-18(15)17/h4-9,16,19H,10-11H2,1-3H3. The predicted octanol–water partition coefficient (Wildman–Crippen LogP) is 3.49. The van der Waals surface area contributed by atoms with Gasteiger partial charge in [-0.2, -0.15) is 0 Å². The number of nitrogens with one attached hydrogen (secondary N) is 1. The average molecular weight is 267 g/mol. The second kappa shape index (κ2) is 5.29. The lowest BCUT2D eigenvalue weighted by Crippen LogP contribution is -2.27. The molecule has 1 unspecified atom stereocenters. The van der Waals surface area contributed by atoms with E-state index in [1.54, 1.807) is 0 Å². The Hall–Kier alpha value is -1.80. The van der Waals surface area contributed by atoms with Gasteiger partial charge in [-0.15, -0.1) is 0 Å². The molecule has 0 amide bonds. The van der Waals surface area contributed by atoms with Crippen molar-refractivity contribution in [1.29, 1.82) is 0 Å². The van der Waals surface area contributed by atoms with E-state index in [9.17, 15) is 0 Å². The minimum absolute atomic E-state index is 0.250. The molecule has 0 radical (unpaired) electrons. The van der Waals surface area contributed by atoms with Crippen LogP contribution in [0.5, 0.6) is 5.75 Å². The second-order valence-electron chi connectivity index (χ2n) is 5.67. The largest absolute Gasteiger partial charge is 0.488 e. The lowest BCUT2D eigenvalue weighted by Gasteiger charge is -2.13. The van der Waals surface area contributed by atoms with Gasteiger partial charge < -0.3 is 10.1 Å². The number of hydrogen-bond donors (Lipinski definition) is 1. The Balaban J connectivity index is 2.05. The van der Waals surface area contributed by atoms with Crippen LogP contribution in [-0.4, -0.2) is 19.7 Å². The maximum Gasteiger partial charge on any atom is 0.130 e. The third-order valence-corrected chi connectivity index (χ3v) is 3.80. The van der Waals surface area contributed by atoms with Crippen molar-refractivity contribution in [3.8, 4) is 16.9 Å². The fraction of sp³-hybridized carbons (Fsp3) is 0.333. The highest BCUT2D eigenvalue weighted by atomic mass is 16.5. The van der Waals surface area contributed by atoms with Crippen LogP contribution in [0.25, 0.3) is 11.1 Å². The summed E-state index contributed by atoms with van der Waals surface area (Å²) < 4.78 is 6.17. The van der Waals surface area contributed by atoms with E-state index >= 15 is 0 Å². The van der Waals surface area contributed by atoms with E-state index in [1.165, 1.54) is 27.8 Å². The second-order valence-corrected chi connectivity index (χ2v) is 5.67. The van der Waals surface area contributed by atoms with Gasteiger partial charge in [0.05, 0.1) is 0 Å². The van der Waals surface area contributed by atoms with Crippen LogP contribution in [-0.2, 0) is 6.42 Å². The number of rotatable bonds is 3. The number of hydrogen-bond acceptors (Lipinski definition) is 2. The molecule has 1 aliphatic heterocycles. The smallest absolute Gasteiger partial charge is 0.130 e. The van der Waals surface area contributed by atoms with Crippen molar-refractivity contribution < 1.29 is 4.74 Å². The molecule has 2 aromatic carbocycles. The van der Waals surface area contributed by atoms with Crippen LogP contribution in [0, 0.1) is 13.8 Å². The summed E-state index contributed by atoms with van der Waals surface area (Å²) in [7, 11) is 1.97. The van der Waals surface area contributed by atoms with Crippen molar-refractivity contribution in [2.45, 2.75) is 26.4 Å². The summed E-state index contributed by atoms with van der Waals surface area (Å²) in [6, 6.07) is 13.1. The first kappa shape index (κ1) is 13.2. The van der Waals surface area contributed by atoms with Gasteiger partial charge in [-0.3, -0.25) is 0 Å². The number of aryl methyl sites for hydroxylation is 2. The molecule has 1 aliphatic rings. The van der Waals surface area contributed by atoms with E-state index in [4.69, 9.17) is 4.74 Å². The van der Waals surface area contributed by atoms with Crippen molar-refractivity contribution in [2.75, 3.05) is 13.6 Å². The molecule has 104 valence electrons. The zero-order valence-corrected chi connectivity index (χ0v) is 12.4. The quantitative estimate of drug-likeness (QED) is 0.919. The maximum atomic E-state index is 6.17. The van der Waals surface area contributed by atoms with Gasteiger partial charge in [-0.1, -0.05) is 35.9 Å². The molecule has 2 aromatic rings. The summed E-state index contributed by atoms with van der Waals surface area (Å²) in [5, 5.41) is 3.20. The molecule has 0 saturated heterocycles. The molecule has 3 rings (SSSR count). The normalized spacial score (nSPS) is 16.9. The molecule has 20 heavy (non-hydrogen) atoms. The molecule has 2 heteroatoms. The number of likely N-dealkylation sites (N-methyl/N-ethyl adjacent to an activating group) is 1. The lowest BCUT2D eigenvalue weighted by atomic mass is 9.97. The third-order valence-electron chi connectivity index (χ3n) is 3.80.